The van der Waals surface area contributed by atoms with E-state index in [1.54, 1.807) is 0 Å². The Balaban J connectivity index is -0.000000107. The standard InChI is InChI=1S/Mo.2H3O3PS/c;2*1-4(2,3)5/h;2*(H3,1,2,3,5)/q+6;;/p-6. The second-order valence-electron chi connectivity index (χ2n) is 0.894. The van der Waals surface area contributed by atoms with Gasteiger partial charge in [0.05, 0.1) is 0 Å². The first-order valence-corrected chi connectivity index (χ1v) is 6.57. The van der Waals surface area contributed by atoms with E-state index >= 15 is 0 Å². The van der Waals surface area contributed by atoms with E-state index in [0.29, 0.717) is 0 Å². The predicted molar refractivity (Wildman–Crippen MR) is 28.6 cm³/mol. The Morgan fingerprint density at radius 2 is 0.636 bits per heavy atom. The maximum Gasteiger partial charge on any atom is 6.00 e. The third kappa shape index (κ3) is 365. The van der Waals surface area contributed by atoms with Crippen molar-refractivity contribution in [2.75, 3.05) is 0 Å². The number of hydrogen-bond donors (Lipinski definition) is 0. The zero-order valence-corrected chi connectivity index (χ0v) is 10.00. The Kier molecular flexibility index (Phi) is 12.1. The van der Waals surface area contributed by atoms with Gasteiger partial charge in [-0.05, 0) is 0 Å². The summed E-state index contributed by atoms with van der Waals surface area (Å²) in [6, 6.07) is 0. The molecule has 6 nitrogen and oxygen atoms in total. The third-order valence-corrected chi connectivity index (χ3v) is 0. The Hall–Kier alpha value is 1.75. The van der Waals surface area contributed by atoms with E-state index in [1.807, 2.05) is 0 Å². The second kappa shape index (κ2) is 7.18. The van der Waals surface area contributed by atoms with Crippen LogP contribution in [0.15, 0.2) is 0 Å². The van der Waals surface area contributed by atoms with Gasteiger partial charge in [0.25, 0.3) is 0 Å². The molecule has 0 fully saturated rings. The van der Waals surface area contributed by atoms with Crippen molar-refractivity contribution in [3.05, 3.63) is 0 Å². The molecule has 0 saturated heterocycles. The fourth-order valence-electron chi connectivity index (χ4n) is 0. The summed E-state index contributed by atoms with van der Waals surface area (Å²) in [7, 11) is 0. The Labute approximate surface area is 87.3 Å². The van der Waals surface area contributed by atoms with Crippen LogP contribution in [0.25, 0.3) is 0 Å². The van der Waals surface area contributed by atoms with Gasteiger partial charge in [-0.15, -0.1) is 0 Å². The van der Waals surface area contributed by atoms with Crippen molar-refractivity contribution in [1.82, 2.24) is 0 Å². The van der Waals surface area contributed by atoms with Gasteiger partial charge in [0, 0.05) is 0 Å². The van der Waals surface area contributed by atoms with Crippen molar-refractivity contribution < 1.29 is 50.4 Å². The Bertz CT molecular complexity index is 131. The van der Waals surface area contributed by atoms with Crippen molar-refractivity contribution >= 4 is 37.1 Å². The number of rotatable bonds is 0. The average molecular weight is 318 g/mol. The summed E-state index contributed by atoms with van der Waals surface area (Å²) in [4.78, 5) is 53.5. The van der Waals surface area contributed by atoms with E-state index in [1.165, 1.54) is 0 Å². The average Bonchev–Trinajstić information content (AvgIpc) is 1.12. The van der Waals surface area contributed by atoms with Crippen LogP contribution < -0.4 is 29.4 Å². The van der Waals surface area contributed by atoms with Crippen molar-refractivity contribution in [2.45, 2.75) is 0 Å². The summed E-state index contributed by atoms with van der Waals surface area (Å²) >= 11 is 6.54. The maximum atomic E-state index is 8.92. The molecule has 0 N–H and O–H groups in total. The van der Waals surface area contributed by atoms with Gasteiger partial charge in [-0.25, -0.2) is 0 Å². The quantitative estimate of drug-likeness (QED) is 0.318. The summed E-state index contributed by atoms with van der Waals surface area (Å²) in [5.74, 6) is 0. The van der Waals surface area contributed by atoms with Crippen LogP contribution in [0, 0.1) is 0 Å². The van der Waals surface area contributed by atoms with E-state index in [2.05, 4.69) is 23.6 Å². The molecule has 0 aromatic rings. The minimum atomic E-state index is -4.56. The minimum Gasteiger partial charge on any atom is -0.844 e. The van der Waals surface area contributed by atoms with Crippen LogP contribution >= 0.6 is 13.4 Å². The summed E-state index contributed by atoms with van der Waals surface area (Å²) < 4.78 is 0. The molecule has 0 aliphatic heterocycles. The molecular formula is MoO6P2S2. The first-order chi connectivity index (χ1) is 4.00. The molecule has 0 unspecified atom stereocenters. The van der Waals surface area contributed by atoms with Crippen LogP contribution in [0.1, 0.15) is 0 Å². The molecule has 0 aliphatic carbocycles. The van der Waals surface area contributed by atoms with Gasteiger partial charge in [-0.1, -0.05) is 0 Å². The van der Waals surface area contributed by atoms with Crippen molar-refractivity contribution in [3.63, 3.8) is 0 Å². The van der Waals surface area contributed by atoms with Gasteiger partial charge in [0.1, 0.15) is 0 Å². The first-order valence-electron chi connectivity index (χ1n) is 1.46. The maximum absolute atomic E-state index is 8.92. The smallest absolute Gasteiger partial charge is 0.844 e. The van der Waals surface area contributed by atoms with E-state index in [0.717, 1.165) is 0 Å². The van der Waals surface area contributed by atoms with Gasteiger partial charge < -0.3 is 42.8 Å². The summed E-state index contributed by atoms with van der Waals surface area (Å²) in [5.41, 5.74) is 0. The molecule has 64 valence electrons. The molecule has 0 rings (SSSR count). The minimum absolute atomic E-state index is 0. The van der Waals surface area contributed by atoms with Crippen LogP contribution in [-0.4, -0.2) is 0 Å². The van der Waals surface area contributed by atoms with Gasteiger partial charge in [0.2, 0.25) is 0 Å². The molecule has 0 spiro atoms. The fourth-order valence-corrected chi connectivity index (χ4v) is 0. The number of hydrogen-bond acceptors (Lipinski definition) is 8. The van der Waals surface area contributed by atoms with Gasteiger partial charge in [-0.3, -0.25) is 0 Å². The van der Waals surface area contributed by atoms with E-state index < -0.39 is 13.4 Å². The molecule has 0 saturated carbocycles. The third-order valence-electron chi connectivity index (χ3n) is 0. The molecule has 0 bridgehead atoms. The molecule has 0 amide bonds. The second-order valence-corrected chi connectivity index (χ2v) is 5.37. The van der Waals surface area contributed by atoms with Crippen molar-refractivity contribution in [3.8, 4) is 0 Å². The molecule has 11 heavy (non-hydrogen) atoms. The Morgan fingerprint density at radius 1 is 0.636 bits per heavy atom. The van der Waals surface area contributed by atoms with Crippen molar-refractivity contribution in [2.24, 2.45) is 0 Å². The summed E-state index contributed by atoms with van der Waals surface area (Å²) in [6.07, 6.45) is 0. The molecule has 0 aromatic heterocycles. The van der Waals surface area contributed by atoms with E-state index in [-0.39, 0.29) is 21.1 Å². The molecule has 0 atom stereocenters. The van der Waals surface area contributed by atoms with E-state index in [4.69, 9.17) is 29.4 Å². The zero-order valence-electron chi connectivity index (χ0n) is 4.57. The molecule has 0 aliphatic rings. The topological polar surface area (TPSA) is 138 Å². The van der Waals surface area contributed by atoms with Crippen LogP contribution in [0.4, 0.5) is 0 Å². The van der Waals surface area contributed by atoms with Gasteiger partial charge in [-0.2, -0.15) is 23.6 Å². The van der Waals surface area contributed by atoms with Crippen molar-refractivity contribution in [1.29, 1.82) is 0 Å². The molecular weight excluding hydrogens is 318 g/mol. The van der Waals surface area contributed by atoms with E-state index in [9.17, 15) is 0 Å². The first kappa shape index (κ1) is 18.5. The van der Waals surface area contributed by atoms with Gasteiger partial charge >= 0.3 is 21.1 Å². The van der Waals surface area contributed by atoms with Crippen LogP contribution in [0.2, 0.25) is 0 Å². The SMILES string of the molecule is [Mo+6].[O-]P([O-])([O-])=S.[O-]P([O-])([O-])=S. The molecule has 0 radical (unpaired) electrons. The van der Waals surface area contributed by atoms with Crippen LogP contribution in [0.5, 0.6) is 0 Å². The Morgan fingerprint density at radius 3 is 0.636 bits per heavy atom. The molecule has 0 aromatic carbocycles. The summed E-state index contributed by atoms with van der Waals surface area (Å²) in [5, 5.41) is 0. The van der Waals surface area contributed by atoms with Crippen LogP contribution in [0.3, 0.4) is 0 Å². The fraction of sp³-hybridized carbons (Fsp3) is 0. The summed E-state index contributed by atoms with van der Waals surface area (Å²) in [6.45, 7) is -9.11. The monoisotopic (exact) mass is 320 g/mol. The largest absolute Gasteiger partial charge is 6.00 e. The zero-order chi connectivity index (χ0) is 9.00. The molecule has 11 heteroatoms. The normalized spacial score (nSPS) is 10.7. The predicted octanol–water partition coefficient (Wildman–Crippen LogP) is -5.42. The van der Waals surface area contributed by atoms with Crippen LogP contribution in [-0.2, 0) is 44.7 Å². The molecule has 0 heterocycles. The van der Waals surface area contributed by atoms with Gasteiger partial charge in [0.15, 0.2) is 0 Å².